The lowest BCUT2D eigenvalue weighted by Crippen LogP contribution is -2.35. The first-order chi connectivity index (χ1) is 13.1. The van der Waals surface area contributed by atoms with Crippen LogP contribution in [-0.4, -0.2) is 40.8 Å². The van der Waals surface area contributed by atoms with Gasteiger partial charge in [-0.15, -0.1) is 11.3 Å². The van der Waals surface area contributed by atoms with Gasteiger partial charge in [-0.05, 0) is 56.5 Å². The van der Waals surface area contributed by atoms with Gasteiger partial charge in [0.25, 0.3) is 0 Å². The highest BCUT2D eigenvalue weighted by molar-refractivity contribution is 7.18. The highest BCUT2D eigenvalue weighted by Gasteiger charge is 2.30. The molecule has 2 unspecified atom stereocenters. The van der Waals surface area contributed by atoms with E-state index < -0.39 is 6.10 Å². The van der Waals surface area contributed by atoms with Gasteiger partial charge in [0, 0.05) is 6.54 Å². The summed E-state index contributed by atoms with van der Waals surface area (Å²) in [5.74, 6) is 0.890. The molecule has 142 valence electrons. The van der Waals surface area contributed by atoms with E-state index in [1.54, 1.807) is 11.3 Å². The van der Waals surface area contributed by atoms with E-state index in [4.69, 9.17) is 9.72 Å². The lowest BCUT2D eigenvalue weighted by atomic mass is 10.1. The molecular weight excluding hydrogens is 356 g/mol. The maximum Gasteiger partial charge on any atom is 0.125 e. The van der Waals surface area contributed by atoms with E-state index in [1.807, 2.05) is 38.1 Å². The molecule has 2 atom stereocenters. The molecule has 1 aliphatic heterocycles. The molecule has 4 nitrogen and oxygen atoms in total. The molecule has 0 radical (unpaired) electrons. The third kappa shape index (κ3) is 4.00. The van der Waals surface area contributed by atoms with Crippen LogP contribution in [0.15, 0.2) is 42.5 Å². The Morgan fingerprint density at radius 2 is 1.96 bits per heavy atom. The van der Waals surface area contributed by atoms with Crippen molar-refractivity contribution in [3.63, 3.8) is 0 Å². The molecule has 5 heteroatoms. The number of thiazole rings is 1. The number of para-hydroxylation sites is 2. The summed E-state index contributed by atoms with van der Waals surface area (Å²) in [6.45, 7) is 6.01. The van der Waals surface area contributed by atoms with Gasteiger partial charge in [0.1, 0.15) is 23.5 Å². The highest BCUT2D eigenvalue weighted by atomic mass is 32.1. The second kappa shape index (κ2) is 7.97. The number of hydrogen-bond acceptors (Lipinski definition) is 5. The predicted octanol–water partition coefficient (Wildman–Crippen LogP) is 4.49. The lowest BCUT2D eigenvalue weighted by Gasteiger charge is -2.25. The van der Waals surface area contributed by atoms with E-state index >= 15 is 0 Å². The standard InChI is InChI=1S/C22H26N2O2S/c1-15-7-5-8-16(2)21(15)26-14-17(25)13-24-12-6-10-19(24)22-23-18-9-3-4-11-20(18)27-22/h3-5,7-9,11,17,19,25H,6,10,12-14H2,1-2H3. The Balaban J connectivity index is 1.40. The number of aryl methyl sites for hydroxylation is 2. The van der Waals surface area contributed by atoms with E-state index in [-0.39, 0.29) is 0 Å². The van der Waals surface area contributed by atoms with Crippen LogP contribution >= 0.6 is 11.3 Å². The van der Waals surface area contributed by atoms with Crippen molar-refractivity contribution in [1.82, 2.24) is 9.88 Å². The van der Waals surface area contributed by atoms with Crippen molar-refractivity contribution in [3.8, 4) is 5.75 Å². The number of likely N-dealkylation sites (tertiary alicyclic amines) is 1. The normalized spacial score (nSPS) is 18.9. The number of benzene rings is 2. The van der Waals surface area contributed by atoms with Gasteiger partial charge in [0.05, 0.1) is 16.3 Å². The molecule has 0 aliphatic carbocycles. The van der Waals surface area contributed by atoms with Gasteiger partial charge in [-0.1, -0.05) is 30.3 Å². The van der Waals surface area contributed by atoms with Gasteiger partial charge in [-0.25, -0.2) is 4.98 Å². The molecule has 2 aromatic carbocycles. The van der Waals surface area contributed by atoms with Crippen LogP contribution in [-0.2, 0) is 0 Å². The quantitative estimate of drug-likeness (QED) is 0.682. The number of β-amino-alcohol motifs (C(OH)–C–C–N with tert-alkyl or cyclic N) is 1. The first kappa shape index (κ1) is 18.4. The Morgan fingerprint density at radius 3 is 2.74 bits per heavy atom. The van der Waals surface area contributed by atoms with Crippen molar-refractivity contribution in [3.05, 3.63) is 58.6 Å². The molecule has 0 amide bonds. The molecule has 2 heterocycles. The van der Waals surface area contributed by atoms with Gasteiger partial charge in [0.2, 0.25) is 0 Å². The maximum absolute atomic E-state index is 10.6. The minimum atomic E-state index is -0.515. The minimum absolute atomic E-state index is 0.303. The van der Waals surface area contributed by atoms with Crippen molar-refractivity contribution in [2.75, 3.05) is 19.7 Å². The molecule has 0 spiro atoms. The molecule has 1 fully saturated rings. The number of aliphatic hydroxyl groups excluding tert-OH is 1. The fourth-order valence-corrected chi connectivity index (χ4v) is 5.02. The number of aliphatic hydroxyl groups is 1. The van der Waals surface area contributed by atoms with Crippen molar-refractivity contribution >= 4 is 21.6 Å². The van der Waals surface area contributed by atoms with Crippen LogP contribution < -0.4 is 4.74 Å². The fraction of sp³-hybridized carbons (Fsp3) is 0.409. The average molecular weight is 383 g/mol. The second-order valence-corrected chi connectivity index (χ2v) is 8.42. The zero-order valence-electron chi connectivity index (χ0n) is 15.9. The second-order valence-electron chi connectivity index (χ2n) is 7.36. The first-order valence-corrected chi connectivity index (χ1v) is 10.4. The Labute approximate surface area is 164 Å². The van der Waals surface area contributed by atoms with E-state index in [9.17, 15) is 5.11 Å². The van der Waals surface area contributed by atoms with Gasteiger partial charge in [-0.3, -0.25) is 4.90 Å². The molecule has 0 bridgehead atoms. The molecule has 4 rings (SSSR count). The van der Waals surface area contributed by atoms with Gasteiger partial charge >= 0.3 is 0 Å². The van der Waals surface area contributed by atoms with Crippen LogP contribution in [0.3, 0.4) is 0 Å². The van der Waals surface area contributed by atoms with Gasteiger partial charge < -0.3 is 9.84 Å². The lowest BCUT2D eigenvalue weighted by molar-refractivity contribution is 0.0634. The maximum atomic E-state index is 10.6. The van der Waals surface area contributed by atoms with Gasteiger partial charge in [0.15, 0.2) is 0 Å². The molecule has 3 aromatic rings. The Bertz CT molecular complexity index is 870. The van der Waals surface area contributed by atoms with E-state index in [0.717, 1.165) is 46.8 Å². The van der Waals surface area contributed by atoms with E-state index in [1.165, 1.54) is 4.70 Å². The number of hydrogen-bond donors (Lipinski definition) is 1. The Morgan fingerprint density at radius 1 is 1.19 bits per heavy atom. The van der Waals surface area contributed by atoms with Crippen molar-refractivity contribution in [2.24, 2.45) is 0 Å². The Kier molecular flexibility index (Phi) is 5.43. The molecule has 1 aromatic heterocycles. The molecule has 1 saturated heterocycles. The zero-order valence-corrected chi connectivity index (χ0v) is 16.7. The summed E-state index contributed by atoms with van der Waals surface area (Å²) in [5, 5.41) is 11.7. The predicted molar refractivity (Wildman–Crippen MR) is 111 cm³/mol. The van der Waals surface area contributed by atoms with Crippen molar-refractivity contribution in [1.29, 1.82) is 0 Å². The molecule has 27 heavy (non-hydrogen) atoms. The SMILES string of the molecule is Cc1cccc(C)c1OCC(O)CN1CCCC1c1nc2ccccc2s1. The monoisotopic (exact) mass is 382 g/mol. The smallest absolute Gasteiger partial charge is 0.125 e. The highest BCUT2D eigenvalue weighted by Crippen LogP contribution is 2.36. The summed E-state index contributed by atoms with van der Waals surface area (Å²) >= 11 is 1.77. The summed E-state index contributed by atoms with van der Waals surface area (Å²) in [6, 6.07) is 14.7. The largest absolute Gasteiger partial charge is 0.490 e. The third-order valence-corrected chi connectivity index (χ3v) is 6.37. The van der Waals surface area contributed by atoms with Crippen LogP contribution in [0.2, 0.25) is 0 Å². The fourth-order valence-electron chi connectivity index (χ4n) is 3.89. The van der Waals surface area contributed by atoms with Crippen LogP contribution in [0, 0.1) is 13.8 Å². The summed E-state index contributed by atoms with van der Waals surface area (Å²) in [5.41, 5.74) is 3.29. The summed E-state index contributed by atoms with van der Waals surface area (Å²) in [7, 11) is 0. The molecule has 1 aliphatic rings. The zero-order chi connectivity index (χ0) is 18.8. The molecule has 0 saturated carbocycles. The van der Waals surface area contributed by atoms with Crippen LogP contribution in [0.25, 0.3) is 10.2 Å². The van der Waals surface area contributed by atoms with Crippen LogP contribution in [0.5, 0.6) is 5.75 Å². The number of nitrogens with zero attached hydrogens (tertiary/aromatic N) is 2. The average Bonchev–Trinajstić information content (AvgIpc) is 3.27. The van der Waals surface area contributed by atoms with Crippen molar-refractivity contribution in [2.45, 2.75) is 38.8 Å². The summed E-state index contributed by atoms with van der Waals surface area (Å²) < 4.78 is 7.17. The number of fused-ring (bicyclic) bond motifs is 1. The third-order valence-electron chi connectivity index (χ3n) is 5.23. The number of aromatic nitrogens is 1. The van der Waals surface area contributed by atoms with Crippen molar-refractivity contribution < 1.29 is 9.84 Å². The van der Waals surface area contributed by atoms with Crippen LogP contribution in [0.1, 0.15) is 35.0 Å². The van der Waals surface area contributed by atoms with E-state index in [2.05, 4.69) is 23.1 Å². The Hall–Kier alpha value is -1.95. The minimum Gasteiger partial charge on any atom is -0.490 e. The topological polar surface area (TPSA) is 45.6 Å². The summed E-state index contributed by atoms with van der Waals surface area (Å²) in [6.07, 6.45) is 1.73. The summed E-state index contributed by atoms with van der Waals surface area (Å²) in [4.78, 5) is 7.19. The molecular formula is C22H26N2O2S. The van der Waals surface area contributed by atoms with Gasteiger partial charge in [-0.2, -0.15) is 0 Å². The molecule has 1 N–H and O–H groups in total. The van der Waals surface area contributed by atoms with Crippen LogP contribution in [0.4, 0.5) is 0 Å². The number of ether oxygens (including phenoxy) is 1. The van der Waals surface area contributed by atoms with E-state index in [0.29, 0.717) is 19.2 Å². The number of rotatable bonds is 6. The first-order valence-electron chi connectivity index (χ1n) is 9.58.